The van der Waals surface area contributed by atoms with Crippen LogP contribution in [0.1, 0.15) is 12.5 Å². The molecule has 0 aliphatic carbocycles. The van der Waals surface area contributed by atoms with Crippen molar-refractivity contribution < 1.29 is 18.7 Å². The fourth-order valence-corrected chi connectivity index (χ4v) is 3.28. The molecule has 0 unspecified atom stereocenters. The maximum absolute atomic E-state index is 14.8. The Morgan fingerprint density at radius 2 is 2.06 bits per heavy atom. The van der Waals surface area contributed by atoms with E-state index in [2.05, 4.69) is 20.7 Å². The molecular formula is C20H20FN7O3. The average molecular weight is 425 g/mol. The lowest BCUT2D eigenvalue weighted by Crippen LogP contribution is -2.33. The van der Waals surface area contributed by atoms with Crippen LogP contribution in [0.15, 0.2) is 42.5 Å². The maximum atomic E-state index is 14.8. The number of halogens is 1. The third-order valence-corrected chi connectivity index (χ3v) is 4.77. The predicted octanol–water partition coefficient (Wildman–Crippen LogP) is 1.57. The van der Waals surface area contributed by atoms with Gasteiger partial charge in [-0.1, -0.05) is 29.4 Å². The first-order valence-electron chi connectivity index (χ1n) is 9.54. The third kappa shape index (κ3) is 4.60. The number of nitrogens with one attached hydrogen (secondary N) is 1. The van der Waals surface area contributed by atoms with Gasteiger partial charge in [0.15, 0.2) is 0 Å². The largest absolute Gasteiger partial charge is 0.442 e. The molecule has 2 amide bonds. The first-order chi connectivity index (χ1) is 14.9. The van der Waals surface area contributed by atoms with Gasteiger partial charge in [-0.25, -0.2) is 9.18 Å². The molecule has 0 bridgehead atoms. The second-order valence-corrected chi connectivity index (χ2v) is 7.09. The summed E-state index contributed by atoms with van der Waals surface area (Å²) in [6.45, 7) is 2.22. The molecule has 1 saturated heterocycles. The number of hydrogen-bond acceptors (Lipinski definition) is 7. The molecule has 4 rings (SSSR count). The minimum absolute atomic E-state index is 0.0992. The summed E-state index contributed by atoms with van der Waals surface area (Å²) >= 11 is 0. The smallest absolute Gasteiger partial charge is 0.414 e. The Kier molecular flexibility index (Phi) is 5.48. The zero-order valence-corrected chi connectivity index (χ0v) is 16.7. The standard InChI is InChI=1S/C20H20FN7O3/c1-12(29)23-9-16-11-27(20(30)31-16)15-6-7-17(18(21)8-15)14-4-2-13(3-5-14)10-28-25-19(22)24-26-28/h2-8,16H,9-11H2,1H3,(H2,22,25)(H,23,29)/t16-/m0/s1. The van der Waals surface area contributed by atoms with Crippen LogP contribution in [0.2, 0.25) is 0 Å². The number of ether oxygens (including phenoxy) is 1. The van der Waals surface area contributed by atoms with Crippen LogP contribution < -0.4 is 16.0 Å². The zero-order chi connectivity index (χ0) is 22.0. The number of carbonyl (C=O) groups excluding carboxylic acids is 2. The van der Waals surface area contributed by atoms with Crippen molar-refractivity contribution in [1.82, 2.24) is 25.5 Å². The second-order valence-electron chi connectivity index (χ2n) is 7.09. The van der Waals surface area contributed by atoms with Crippen LogP contribution in [-0.2, 0) is 16.1 Å². The summed E-state index contributed by atoms with van der Waals surface area (Å²) in [5, 5.41) is 14.0. The number of nitrogens with two attached hydrogens (primary N) is 1. The molecule has 3 aromatic rings. The van der Waals surface area contributed by atoms with Gasteiger partial charge in [0.1, 0.15) is 11.9 Å². The number of amides is 2. The Balaban J connectivity index is 1.46. The fraction of sp³-hybridized carbons (Fsp3) is 0.250. The van der Waals surface area contributed by atoms with Crippen molar-refractivity contribution in [3.8, 4) is 11.1 Å². The van der Waals surface area contributed by atoms with Crippen LogP contribution in [0.4, 0.5) is 20.8 Å². The fourth-order valence-electron chi connectivity index (χ4n) is 3.28. The van der Waals surface area contributed by atoms with E-state index in [1.807, 2.05) is 12.1 Å². The summed E-state index contributed by atoms with van der Waals surface area (Å²) in [5.41, 5.74) is 7.84. The van der Waals surface area contributed by atoms with Gasteiger partial charge >= 0.3 is 6.09 Å². The normalized spacial score (nSPS) is 15.7. The number of tetrazole rings is 1. The molecule has 1 aromatic heterocycles. The van der Waals surface area contributed by atoms with Gasteiger partial charge in [0.05, 0.1) is 25.3 Å². The third-order valence-electron chi connectivity index (χ3n) is 4.77. The summed E-state index contributed by atoms with van der Waals surface area (Å²) < 4.78 is 20.1. The maximum Gasteiger partial charge on any atom is 0.414 e. The lowest BCUT2D eigenvalue weighted by molar-refractivity contribution is -0.119. The van der Waals surface area contributed by atoms with Crippen molar-refractivity contribution in [2.75, 3.05) is 23.7 Å². The highest BCUT2D eigenvalue weighted by molar-refractivity contribution is 5.90. The van der Waals surface area contributed by atoms with Gasteiger partial charge in [0.2, 0.25) is 5.91 Å². The van der Waals surface area contributed by atoms with E-state index in [-0.39, 0.29) is 24.9 Å². The average Bonchev–Trinajstić information content (AvgIpc) is 3.32. The Morgan fingerprint density at radius 3 is 2.71 bits per heavy atom. The molecule has 2 aromatic carbocycles. The number of carbonyl (C=O) groups is 2. The molecule has 1 aliphatic heterocycles. The van der Waals surface area contributed by atoms with Gasteiger partial charge < -0.3 is 15.8 Å². The van der Waals surface area contributed by atoms with Crippen molar-refractivity contribution in [3.05, 3.63) is 53.8 Å². The zero-order valence-electron chi connectivity index (χ0n) is 16.7. The predicted molar refractivity (Wildman–Crippen MR) is 109 cm³/mol. The van der Waals surface area contributed by atoms with E-state index in [9.17, 15) is 14.0 Å². The van der Waals surface area contributed by atoms with Crippen LogP contribution in [0.5, 0.6) is 0 Å². The van der Waals surface area contributed by atoms with Crippen molar-refractivity contribution >= 4 is 23.6 Å². The SMILES string of the molecule is CC(=O)NC[C@H]1CN(c2ccc(-c3ccc(Cn4nnc(N)n4)cc3)c(F)c2)C(=O)O1. The van der Waals surface area contributed by atoms with E-state index in [1.54, 1.807) is 24.3 Å². The van der Waals surface area contributed by atoms with Crippen molar-refractivity contribution in [2.45, 2.75) is 19.6 Å². The summed E-state index contributed by atoms with van der Waals surface area (Å²) in [6, 6.07) is 11.8. The number of anilines is 2. The Labute approximate surface area is 176 Å². The number of aromatic nitrogens is 4. The highest BCUT2D eigenvalue weighted by Gasteiger charge is 2.32. The molecule has 2 heterocycles. The van der Waals surface area contributed by atoms with Crippen LogP contribution >= 0.6 is 0 Å². The van der Waals surface area contributed by atoms with Crippen molar-refractivity contribution in [1.29, 1.82) is 0 Å². The highest BCUT2D eigenvalue weighted by Crippen LogP contribution is 2.29. The number of nitrogen functional groups attached to an aromatic ring is 1. The topological polar surface area (TPSA) is 128 Å². The quantitative estimate of drug-likeness (QED) is 0.613. The summed E-state index contributed by atoms with van der Waals surface area (Å²) in [7, 11) is 0. The van der Waals surface area contributed by atoms with Crippen LogP contribution in [0.3, 0.4) is 0 Å². The molecule has 11 heteroatoms. The van der Waals surface area contributed by atoms with Gasteiger partial charge in [-0.3, -0.25) is 9.69 Å². The van der Waals surface area contributed by atoms with Crippen LogP contribution in [-0.4, -0.2) is 51.4 Å². The first kappa shape index (κ1) is 20.3. The number of nitrogens with zero attached hydrogens (tertiary/aromatic N) is 5. The Hall–Kier alpha value is -4.02. The van der Waals surface area contributed by atoms with E-state index < -0.39 is 18.0 Å². The lowest BCUT2D eigenvalue weighted by atomic mass is 10.0. The molecule has 1 aliphatic rings. The Morgan fingerprint density at radius 1 is 1.29 bits per heavy atom. The van der Waals surface area contributed by atoms with Crippen molar-refractivity contribution in [2.24, 2.45) is 0 Å². The molecule has 3 N–H and O–H groups in total. The number of rotatable bonds is 6. The molecule has 160 valence electrons. The number of benzene rings is 2. The van der Waals surface area contributed by atoms with E-state index >= 15 is 0 Å². The van der Waals surface area contributed by atoms with E-state index in [4.69, 9.17) is 10.5 Å². The second kappa shape index (κ2) is 8.38. The van der Waals surface area contributed by atoms with Crippen molar-refractivity contribution in [3.63, 3.8) is 0 Å². The van der Waals surface area contributed by atoms with Crippen LogP contribution in [0.25, 0.3) is 11.1 Å². The molecule has 31 heavy (non-hydrogen) atoms. The summed E-state index contributed by atoms with van der Waals surface area (Å²) in [5.74, 6) is -0.575. The molecule has 0 radical (unpaired) electrons. The number of hydrogen-bond donors (Lipinski definition) is 2. The first-order valence-corrected chi connectivity index (χ1v) is 9.54. The van der Waals surface area contributed by atoms with Gasteiger partial charge in [0.25, 0.3) is 5.95 Å². The van der Waals surface area contributed by atoms with Gasteiger partial charge in [-0.15, -0.1) is 5.10 Å². The highest BCUT2D eigenvalue weighted by atomic mass is 19.1. The minimum Gasteiger partial charge on any atom is -0.442 e. The van der Waals surface area contributed by atoms with Gasteiger partial charge in [-0.05, 0) is 34.5 Å². The lowest BCUT2D eigenvalue weighted by Gasteiger charge is -2.14. The number of cyclic esters (lactones) is 1. The van der Waals surface area contributed by atoms with Crippen LogP contribution in [0, 0.1) is 5.82 Å². The Bertz CT molecular complexity index is 1120. The molecule has 1 fully saturated rings. The van der Waals surface area contributed by atoms with E-state index in [0.29, 0.717) is 23.4 Å². The summed E-state index contributed by atoms with van der Waals surface area (Å²) in [6.07, 6.45) is -1.06. The monoisotopic (exact) mass is 425 g/mol. The molecule has 0 saturated carbocycles. The molecule has 1 atom stereocenters. The van der Waals surface area contributed by atoms with E-state index in [1.165, 1.54) is 22.7 Å². The molecular weight excluding hydrogens is 405 g/mol. The van der Waals surface area contributed by atoms with Gasteiger partial charge in [0, 0.05) is 12.5 Å². The van der Waals surface area contributed by atoms with E-state index in [0.717, 1.165) is 5.56 Å². The summed E-state index contributed by atoms with van der Waals surface area (Å²) in [4.78, 5) is 25.9. The molecule has 10 nitrogen and oxygen atoms in total. The molecule has 0 spiro atoms. The van der Waals surface area contributed by atoms with Gasteiger partial charge in [-0.2, -0.15) is 4.80 Å². The minimum atomic E-state index is -0.575.